The van der Waals surface area contributed by atoms with Gasteiger partial charge in [-0.2, -0.15) is 0 Å². The van der Waals surface area contributed by atoms with Gasteiger partial charge in [0.15, 0.2) is 0 Å². The number of hydrogen-bond acceptors (Lipinski definition) is 2. The Morgan fingerprint density at radius 2 is 2.38 bits per heavy atom. The zero-order chi connectivity index (χ0) is 11.4. The van der Waals surface area contributed by atoms with E-state index in [-0.39, 0.29) is 0 Å². The van der Waals surface area contributed by atoms with Gasteiger partial charge in [-0.3, -0.25) is 4.98 Å². The molecule has 1 aromatic heterocycles. The Balaban J connectivity index is 1.94. The standard InChI is InChI=1S/C13H19BrN2/c1-2-10-3-4-16-13(6-10)7-11-5-12(14)9-15-8-11/h5,8-10,13,16H,2-4,6-7H2,1H3. The second-order valence-electron chi connectivity index (χ2n) is 4.67. The number of nitrogens with one attached hydrogen (secondary N) is 1. The first-order valence-corrected chi connectivity index (χ1v) is 6.90. The van der Waals surface area contributed by atoms with Crippen LogP contribution in [0.25, 0.3) is 0 Å². The van der Waals surface area contributed by atoms with Gasteiger partial charge in [-0.1, -0.05) is 13.3 Å². The molecule has 1 saturated heterocycles. The fourth-order valence-corrected chi connectivity index (χ4v) is 2.89. The molecule has 2 rings (SSSR count). The van der Waals surface area contributed by atoms with Gasteiger partial charge >= 0.3 is 0 Å². The Morgan fingerprint density at radius 3 is 3.12 bits per heavy atom. The van der Waals surface area contributed by atoms with Gasteiger partial charge in [-0.15, -0.1) is 0 Å². The van der Waals surface area contributed by atoms with Crippen molar-refractivity contribution < 1.29 is 0 Å². The summed E-state index contributed by atoms with van der Waals surface area (Å²) in [5.41, 5.74) is 1.32. The number of halogens is 1. The molecule has 0 amide bonds. The molecule has 2 unspecified atom stereocenters. The quantitative estimate of drug-likeness (QED) is 0.921. The van der Waals surface area contributed by atoms with E-state index in [0.29, 0.717) is 6.04 Å². The van der Waals surface area contributed by atoms with Crippen molar-refractivity contribution in [1.82, 2.24) is 10.3 Å². The van der Waals surface area contributed by atoms with Crippen LogP contribution < -0.4 is 5.32 Å². The van der Waals surface area contributed by atoms with Crippen LogP contribution in [0.4, 0.5) is 0 Å². The summed E-state index contributed by atoms with van der Waals surface area (Å²) < 4.78 is 1.08. The number of nitrogens with zero attached hydrogens (tertiary/aromatic N) is 1. The Hall–Kier alpha value is -0.410. The highest BCUT2D eigenvalue weighted by Gasteiger charge is 2.20. The second kappa shape index (κ2) is 5.78. The van der Waals surface area contributed by atoms with Crippen LogP contribution in [0.5, 0.6) is 0 Å². The van der Waals surface area contributed by atoms with E-state index in [4.69, 9.17) is 0 Å². The SMILES string of the molecule is CCC1CCNC(Cc2cncc(Br)c2)C1. The Kier molecular flexibility index (Phi) is 4.36. The molecular formula is C13H19BrN2. The van der Waals surface area contributed by atoms with Crippen LogP contribution in [0.1, 0.15) is 31.7 Å². The van der Waals surface area contributed by atoms with Gasteiger partial charge in [0, 0.05) is 22.9 Å². The predicted octanol–water partition coefficient (Wildman–Crippen LogP) is 3.16. The molecule has 0 radical (unpaired) electrons. The number of pyridine rings is 1. The number of hydrogen-bond donors (Lipinski definition) is 1. The summed E-state index contributed by atoms with van der Waals surface area (Å²) in [4.78, 5) is 4.21. The summed E-state index contributed by atoms with van der Waals surface area (Å²) in [6.45, 7) is 3.47. The summed E-state index contributed by atoms with van der Waals surface area (Å²) in [6.07, 6.45) is 8.87. The number of rotatable bonds is 3. The van der Waals surface area contributed by atoms with Crippen LogP contribution >= 0.6 is 15.9 Å². The van der Waals surface area contributed by atoms with Gasteiger partial charge in [0.25, 0.3) is 0 Å². The normalized spacial score (nSPS) is 25.6. The highest BCUT2D eigenvalue weighted by Crippen LogP contribution is 2.22. The average Bonchev–Trinajstić information content (AvgIpc) is 2.29. The van der Waals surface area contributed by atoms with Crippen molar-refractivity contribution in [1.29, 1.82) is 0 Å². The van der Waals surface area contributed by atoms with E-state index in [2.05, 4.69) is 39.2 Å². The molecule has 1 fully saturated rings. The molecule has 0 spiro atoms. The molecule has 2 heterocycles. The largest absolute Gasteiger partial charge is 0.314 e. The minimum atomic E-state index is 0.634. The molecule has 2 nitrogen and oxygen atoms in total. The molecule has 0 aliphatic carbocycles. The maximum atomic E-state index is 4.21. The zero-order valence-corrected chi connectivity index (χ0v) is 11.3. The van der Waals surface area contributed by atoms with Crippen LogP contribution in [-0.2, 0) is 6.42 Å². The molecule has 3 heteroatoms. The third-order valence-electron chi connectivity index (χ3n) is 3.42. The molecule has 1 aliphatic rings. The summed E-state index contributed by atoms with van der Waals surface area (Å²) in [5.74, 6) is 0.909. The van der Waals surface area contributed by atoms with Gasteiger partial charge in [-0.05, 0) is 59.3 Å². The van der Waals surface area contributed by atoms with Gasteiger partial charge in [0.05, 0.1) is 0 Å². The molecule has 1 N–H and O–H groups in total. The average molecular weight is 283 g/mol. The summed E-state index contributed by atoms with van der Waals surface area (Å²) >= 11 is 3.47. The zero-order valence-electron chi connectivity index (χ0n) is 9.75. The Labute approximate surface area is 106 Å². The smallest absolute Gasteiger partial charge is 0.0410 e. The maximum Gasteiger partial charge on any atom is 0.0410 e. The van der Waals surface area contributed by atoms with E-state index in [9.17, 15) is 0 Å². The molecule has 1 aromatic rings. The van der Waals surface area contributed by atoms with Crippen molar-refractivity contribution in [2.45, 2.75) is 38.6 Å². The summed E-state index contributed by atoms with van der Waals surface area (Å²) in [5, 5.41) is 3.61. The van der Waals surface area contributed by atoms with E-state index in [0.717, 1.165) is 16.8 Å². The third-order valence-corrected chi connectivity index (χ3v) is 3.86. The predicted molar refractivity (Wildman–Crippen MR) is 70.4 cm³/mol. The lowest BCUT2D eigenvalue weighted by Crippen LogP contribution is -2.39. The van der Waals surface area contributed by atoms with Gasteiger partial charge < -0.3 is 5.32 Å². The van der Waals surface area contributed by atoms with Crippen LogP contribution in [0.2, 0.25) is 0 Å². The molecule has 0 bridgehead atoms. The molecule has 1 aliphatic heterocycles. The monoisotopic (exact) mass is 282 g/mol. The van der Waals surface area contributed by atoms with Gasteiger partial charge in [0.1, 0.15) is 0 Å². The van der Waals surface area contributed by atoms with Crippen molar-refractivity contribution in [3.8, 4) is 0 Å². The molecular weight excluding hydrogens is 264 g/mol. The lowest BCUT2D eigenvalue weighted by molar-refractivity contribution is 0.294. The van der Waals surface area contributed by atoms with Crippen LogP contribution in [0.15, 0.2) is 22.9 Å². The molecule has 0 saturated carbocycles. The van der Waals surface area contributed by atoms with Crippen molar-refractivity contribution in [3.05, 3.63) is 28.5 Å². The van der Waals surface area contributed by atoms with Gasteiger partial charge in [0.2, 0.25) is 0 Å². The van der Waals surface area contributed by atoms with Crippen molar-refractivity contribution in [3.63, 3.8) is 0 Å². The number of piperidine rings is 1. The Bertz CT molecular complexity index is 340. The second-order valence-corrected chi connectivity index (χ2v) is 5.58. The first kappa shape index (κ1) is 12.1. The molecule has 0 aromatic carbocycles. The summed E-state index contributed by atoms with van der Waals surface area (Å²) in [6, 6.07) is 2.80. The first-order valence-electron chi connectivity index (χ1n) is 6.10. The fourth-order valence-electron chi connectivity index (χ4n) is 2.47. The Morgan fingerprint density at radius 1 is 1.50 bits per heavy atom. The minimum absolute atomic E-state index is 0.634. The van der Waals surface area contributed by atoms with Gasteiger partial charge in [-0.25, -0.2) is 0 Å². The van der Waals surface area contributed by atoms with Crippen molar-refractivity contribution in [2.75, 3.05) is 6.54 Å². The summed E-state index contributed by atoms with van der Waals surface area (Å²) in [7, 11) is 0. The lowest BCUT2D eigenvalue weighted by atomic mass is 9.88. The third kappa shape index (κ3) is 3.29. The van der Waals surface area contributed by atoms with Crippen molar-refractivity contribution >= 4 is 15.9 Å². The highest BCUT2D eigenvalue weighted by molar-refractivity contribution is 9.10. The molecule has 16 heavy (non-hydrogen) atoms. The highest BCUT2D eigenvalue weighted by atomic mass is 79.9. The fraction of sp³-hybridized carbons (Fsp3) is 0.615. The number of aromatic nitrogens is 1. The van der Waals surface area contributed by atoms with Crippen LogP contribution in [0.3, 0.4) is 0 Å². The molecule has 2 atom stereocenters. The van der Waals surface area contributed by atoms with E-state index in [1.165, 1.54) is 31.4 Å². The topological polar surface area (TPSA) is 24.9 Å². The van der Waals surface area contributed by atoms with E-state index < -0.39 is 0 Å². The van der Waals surface area contributed by atoms with E-state index in [1.54, 1.807) is 0 Å². The lowest BCUT2D eigenvalue weighted by Gasteiger charge is -2.29. The van der Waals surface area contributed by atoms with E-state index in [1.807, 2.05) is 12.4 Å². The van der Waals surface area contributed by atoms with Crippen LogP contribution in [0, 0.1) is 5.92 Å². The van der Waals surface area contributed by atoms with Crippen LogP contribution in [-0.4, -0.2) is 17.6 Å². The van der Waals surface area contributed by atoms with E-state index >= 15 is 0 Å². The maximum absolute atomic E-state index is 4.21. The molecule has 88 valence electrons. The van der Waals surface area contributed by atoms with Crippen molar-refractivity contribution in [2.24, 2.45) is 5.92 Å². The first-order chi connectivity index (χ1) is 7.78. The minimum Gasteiger partial charge on any atom is -0.314 e.